The van der Waals surface area contributed by atoms with Crippen molar-refractivity contribution in [2.24, 2.45) is 0 Å². The summed E-state index contributed by atoms with van der Waals surface area (Å²) in [6.45, 7) is 4.91. The molecule has 2 atom stereocenters. The minimum absolute atomic E-state index is 0.000609. The van der Waals surface area contributed by atoms with Crippen LogP contribution in [-0.4, -0.2) is 47.4 Å². The predicted molar refractivity (Wildman–Crippen MR) is 347 cm³/mol. The molecule has 1 amide bonds. The highest BCUT2D eigenvalue weighted by Gasteiger charge is 2.18. The number of hydrogen-bond donors (Lipinski definition) is 3. The van der Waals surface area contributed by atoms with Gasteiger partial charge in [-0.05, 0) is 89.9 Å². The van der Waals surface area contributed by atoms with Crippen LogP contribution in [-0.2, 0) is 14.3 Å². The summed E-state index contributed by atoms with van der Waals surface area (Å²) in [5.41, 5.74) is 0. The molecule has 0 aliphatic carbocycles. The molecule has 0 radical (unpaired) electrons. The number of aliphatic hydroxyl groups excluding tert-OH is 2. The minimum Gasteiger partial charge on any atom is -0.466 e. The first kappa shape index (κ1) is 76.8. The molecule has 0 aliphatic rings. The Bertz CT molecular complexity index is 1320. The van der Waals surface area contributed by atoms with Crippen LogP contribution < -0.4 is 5.32 Å². The average Bonchev–Trinajstić information content (AvgIpc) is 3.45. The highest BCUT2D eigenvalue weighted by molar-refractivity contribution is 5.76. The SMILES string of the molecule is CCCCCC/C=C\C/C=C\CCCCCCCC(=O)OCCCCCCCCCCCCCC/C=C\CCCCCCCCCCCCC(=O)NC(CO)C(O)/C=C/CCCCCCCCCCCCCCCCCCCC. The van der Waals surface area contributed by atoms with Gasteiger partial charge in [-0.1, -0.05) is 326 Å². The van der Waals surface area contributed by atoms with Gasteiger partial charge in [0.25, 0.3) is 0 Å². The van der Waals surface area contributed by atoms with Crippen LogP contribution in [0.1, 0.15) is 380 Å². The Labute approximate surface area is 493 Å². The van der Waals surface area contributed by atoms with E-state index in [4.69, 9.17) is 4.74 Å². The zero-order valence-electron chi connectivity index (χ0n) is 53.1. The number of carbonyl (C=O) groups is 2. The van der Waals surface area contributed by atoms with Crippen molar-refractivity contribution in [1.82, 2.24) is 5.32 Å². The van der Waals surface area contributed by atoms with Gasteiger partial charge in [-0.15, -0.1) is 0 Å². The molecule has 3 N–H and O–H groups in total. The summed E-state index contributed by atoms with van der Waals surface area (Å²) >= 11 is 0. The van der Waals surface area contributed by atoms with Crippen LogP contribution in [0.15, 0.2) is 48.6 Å². The van der Waals surface area contributed by atoms with Gasteiger partial charge in [0.15, 0.2) is 0 Å². The Hall–Kier alpha value is -2.18. The Morgan fingerprint density at radius 2 is 0.633 bits per heavy atom. The first-order valence-electron chi connectivity index (χ1n) is 35.4. The van der Waals surface area contributed by atoms with Crippen molar-refractivity contribution in [2.75, 3.05) is 13.2 Å². The number of aliphatic hydroxyl groups is 2. The molecule has 0 aromatic rings. The fourth-order valence-corrected chi connectivity index (χ4v) is 10.9. The summed E-state index contributed by atoms with van der Waals surface area (Å²) in [6.07, 6.45) is 89.0. The topological polar surface area (TPSA) is 95.9 Å². The van der Waals surface area contributed by atoms with Crippen LogP contribution >= 0.6 is 0 Å². The van der Waals surface area contributed by atoms with E-state index in [1.54, 1.807) is 6.08 Å². The lowest BCUT2D eigenvalue weighted by atomic mass is 10.0. The number of hydrogen-bond acceptors (Lipinski definition) is 5. The molecule has 464 valence electrons. The molecule has 0 saturated carbocycles. The van der Waals surface area contributed by atoms with Crippen molar-refractivity contribution >= 4 is 11.9 Å². The summed E-state index contributed by atoms with van der Waals surface area (Å²) in [6, 6.07) is -0.631. The Balaban J connectivity index is 3.42. The maximum Gasteiger partial charge on any atom is 0.305 e. The van der Waals surface area contributed by atoms with Crippen molar-refractivity contribution in [3.63, 3.8) is 0 Å². The number of carbonyl (C=O) groups excluding carboxylic acids is 2. The molecule has 0 aromatic carbocycles. The molecule has 0 rings (SSSR count). The number of nitrogens with one attached hydrogen (secondary N) is 1. The van der Waals surface area contributed by atoms with E-state index in [2.05, 4.69) is 55.6 Å². The quantitative estimate of drug-likeness (QED) is 0.0320. The first-order chi connectivity index (χ1) is 39.0. The van der Waals surface area contributed by atoms with Crippen LogP contribution in [0.4, 0.5) is 0 Å². The summed E-state index contributed by atoms with van der Waals surface area (Å²) < 4.78 is 5.49. The molecule has 6 heteroatoms. The molecule has 79 heavy (non-hydrogen) atoms. The van der Waals surface area contributed by atoms with Gasteiger partial charge in [0.2, 0.25) is 5.91 Å². The maximum atomic E-state index is 12.5. The molecule has 0 saturated heterocycles. The van der Waals surface area contributed by atoms with Crippen molar-refractivity contribution in [2.45, 2.75) is 392 Å². The second-order valence-corrected chi connectivity index (χ2v) is 24.2. The number of esters is 1. The summed E-state index contributed by atoms with van der Waals surface area (Å²) in [5, 5.41) is 23.2. The van der Waals surface area contributed by atoms with E-state index < -0.39 is 12.1 Å². The monoisotopic (exact) mass is 1110 g/mol. The molecule has 0 aromatic heterocycles. The minimum atomic E-state index is -0.847. The molecular formula is C73H137NO5. The predicted octanol–water partition coefficient (Wildman–Crippen LogP) is 22.9. The van der Waals surface area contributed by atoms with Crippen molar-refractivity contribution < 1.29 is 24.5 Å². The fourth-order valence-electron chi connectivity index (χ4n) is 10.9. The normalized spacial score (nSPS) is 12.8. The van der Waals surface area contributed by atoms with Crippen LogP contribution in [0.25, 0.3) is 0 Å². The molecular weight excluding hydrogens is 971 g/mol. The number of ether oxygens (including phenoxy) is 1. The number of rotatable bonds is 66. The molecule has 0 spiro atoms. The second-order valence-electron chi connectivity index (χ2n) is 24.2. The van der Waals surface area contributed by atoms with E-state index in [0.29, 0.717) is 19.4 Å². The van der Waals surface area contributed by atoms with E-state index in [9.17, 15) is 19.8 Å². The fraction of sp³-hybridized carbons (Fsp3) is 0.863. The molecule has 0 fully saturated rings. The van der Waals surface area contributed by atoms with Gasteiger partial charge < -0.3 is 20.3 Å². The highest BCUT2D eigenvalue weighted by atomic mass is 16.5. The van der Waals surface area contributed by atoms with Gasteiger partial charge in [0.05, 0.1) is 25.4 Å². The van der Waals surface area contributed by atoms with Gasteiger partial charge in [0, 0.05) is 12.8 Å². The third-order valence-electron chi connectivity index (χ3n) is 16.3. The van der Waals surface area contributed by atoms with Gasteiger partial charge in [0.1, 0.15) is 0 Å². The molecule has 2 unspecified atom stereocenters. The third kappa shape index (κ3) is 64.8. The van der Waals surface area contributed by atoms with Gasteiger partial charge >= 0.3 is 5.97 Å². The van der Waals surface area contributed by atoms with E-state index in [1.807, 2.05) is 6.08 Å². The maximum absolute atomic E-state index is 12.5. The molecule has 0 heterocycles. The Kier molecular flexibility index (Phi) is 66.4. The zero-order chi connectivity index (χ0) is 57.1. The van der Waals surface area contributed by atoms with Crippen molar-refractivity contribution in [3.05, 3.63) is 48.6 Å². The number of unbranched alkanes of at least 4 members (excludes halogenated alkanes) is 49. The van der Waals surface area contributed by atoms with E-state index >= 15 is 0 Å². The standard InChI is InChI=1S/C73H137NO5/c1-3-5-7-9-11-13-15-17-19-21-22-31-34-37-41-45-49-53-57-61-65-71(76)70(69-75)74-72(77)66-62-58-54-50-46-42-38-35-32-29-27-25-23-24-26-28-30-33-36-40-44-48-52-56-60-64-68-79-73(78)67-63-59-55-51-47-43-39-20-18-16-14-12-10-8-6-4-2/h14,16,20,23,25,39,61,65,70-71,75-76H,3-13,15,17-19,21-22,24,26-38,40-60,62-64,66-69H2,1-2H3,(H,74,77)/b16-14-,25-23-,39-20-,65-61+. The van der Waals surface area contributed by atoms with Gasteiger partial charge in [-0.3, -0.25) is 9.59 Å². The molecule has 0 bridgehead atoms. The van der Waals surface area contributed by atoms with Gasteiger partial charge in [-0.25, -0.2) is 0 Å². The van der Waals surface area contributed by atoms with Crippen LogP contribution in [0.2, 0.25) is 0 Å². The summed E-state index contributed by atoms with van der Waals surface area (Å²) in [4.78, 5) is 24.6. The second kappa shape index (κ2) is 68.3. The molecule has 6 nitrogen and oxygen atoms in total. The largest absolute Gasteiger partial charge is 0.466 e. The first-order valence-corrected chi connectivity index (χ1v) is 35.4. The average molecular weight is 1110 g/mol. The van der Waals surface area contributed by atoms with E-state index in [-0.39, 0.29) is 18.5 Å². The van der Waals surface area contributed by atoms with Crippen LogP contribution in [0, 0.1) is 0 Å². The van der Waals surface area contributed by atoms with E-state index in [0.717, 1.165) is 51.4 Å². The lowest BCUT2D eigenvalue weighted by molar-refractivity contribution is -0.143. The van der Waals surface area contributed by atoms with E-state index in [1.165, 1.54) is 302 Å². The highest BCUT2D eigenvalue weighted by Crippen LogP contribution is 2.18. The van der Waals surface area contributed by atoms with Crippen LogP contribution in [0.5, 0.6) is 0 Å². The number of allylic oxidation sites excluding steroid dienone is 7. The van der Waals surface area contributed by atoms with Crippen molar-refractivity contribution in [1.29, 1.82) is 0 Å². The zero-order valence-corrected chi connectivity index (χ0v) is 53.1. The lowest BCUT2D eigenvalue weighted by Gasteiger charge is -2.20. The lowest BCUT2D eigenvalue weighted by Crippen LogP contribution is -2.45. The van der Waals surface area contributed by atoms with Crippen molar-refractivity contribution in [3.8, 4) is 0 Å². The summed E-state index contributed by atoms with van der Waals surface area (Å²) in [7, 11) is 0. The third-order valence-corrected chi connectivity index (χ3v) is 16.3. The Morgan fingerprint density at radius 3 is 0.987 bits per heavy atom. The Morgan fingerprint density at radius 1 is 0.354 bits per heavy atom. The van der Waals surface area contributed by atoms with Gasteiger partial charge in [-0.2, -0.15) is 0 Å². The van der Waals surface area contributed by atoms with Crippen LogP contribution in [0.3, 0.4) is 0 Å². The summed E-state index contributed by atoms with van der Waals surface area (Å²) in [5.74, 6) is -0.0665. The smallest absolute Gasteiger partial charge is 0.305 e. The number of amides is 1. The molecule has 0 aliphatic heterocycles.